The van der Waals surface area contributed by atoms with Crippen LogP contribution in [0.3, 0.4) is 0 Å². The van der Waals surface area contributed by atoms with E-state index in [2.05, 4.69) is 21.7 Å². The maximum atomic E-state index is 12.5. The molecule has 7 heteroatoms. The Morgan fingerprint density at radius 1 is 1.03 bits per heavy atom. The molecule has 1 aliphatic carbocycles. The van der Waals surface area contributed by atoms with E-state index in [1.807, 2.05) is 35.6 Å². The van der Waals surface area contributed by atoms with Crippen LogP contribution in [0.5, 0.6) is 0 Å². The van der Waals surface area contributed by atoms with Crippen LogP contribution in [-0.2, 0) is 27.3 Å². The largest absolute Gasteiger partial charge is 0.367 e. The van der Waals surface area contributed by atoms with Gasteiger partial charge < -0.3 is 10.2 Å². The molecule has 1 aromatic heterocycles. The molecule has 0 spiro atoms. The third-order valence-electron chi connectivity index (χ3n) is 6.56. The average molecular weight is 424 g/mol. The van der Waals surface area contributed by atoms with E-state index in [0.29, 0.717) is 5.69 Å². The van der Waals surface area contributed by atoms with Crippen molar-refractivity contribution in [2.75, 3.05) is 23.3 Å². The van der Waals surface area contributed by atoms with Gasteiger partial charge in [0, 0.05) is 29.3 Å². The Balaban J connectivity index is 1.20. The number of amides is 3. The van der Waals surface area contributed by atoms with E-state index in [0.717, 1.165) is 55.8 Å². The smallest absolute Gasteiger partial charge is 0.244 e. The van der Waals surface area contributed by atoms with Gasteiger partial charge in [-0.15, -0.1) is 11.3 Å². The Bertz CT molecular complexity index is 960. The molecule has 2 aromatic rings. The Hall–Kier alpha value is -2.67. The second-order valence-corrected chi connectivity index (χ2v) is 9.40. The lowest BCUT2D eigenvalue weighted by molar-refractivity contribution is -0.142. The van der Waals surface area contributed by atoms with Gasteiger partial charge in [0.05, 0.1) is 11.8 Å². The molecular formula is C23H25N3O3S. The second-order valence-electron chi connectivity index (χ2n) is 8.40. The molecule has 5 rings (SSSR count). The molecule has 3 amide bonds. The Kier molecular flexibility index (Phi) is 5.06. The SMILES string of the molecule is O=C(CN1C(=O)C2CCCCC2C1=O)Nc1ccc(N2CCc3sccc3C2)cc1. The Morgan fingerprint density at radius 3 is 2.43 bits per heavy atom. The van der Waals surface area contributed by atoms with Gasteiger partial charge in [-0.05, 0) is 60.5 Å². The second kappa shape index (κ2) is 7.87. The number of carbonyl (C=O) groups excluding carboxylic acids is 3. The van der Waals surface area contributed by atoms with Gasteiger partial charge in [0.2, 0.25) is 17.7 Å². The van der Waals surface area contributed by atoms with Crippen molar-refractivity contribution in [1.82, 2.24) is 4.90 Å². The number of benzene rings is 1. The molecule has 0 radical (unpaired) electrons. The highest BCUT2D eigenvalue weighted by atomic mass is 32.1. The monoisotopic (exact) mass is 423 g/mol. The third kappa shape index (κ3) is 3.51. The van der Waals surface area contributed by atoms with Crippen molar-refractivity contribution >= 4 is 40.4 Å². The predicted octanol–water partition coefficient (Wildman–Crippen LogP) is 3.42. The van der Waals surface area contributed by atoms with Crippen molar-refractivity contribution in [2.24, 2.45) is 11.8 Å². The van der Waals surface area contributed by atoms with Crippen LogP contribution in [0, 0.1) is 11.8 Å². The van der Waals surface area contributed by atoms with Gasteiger partial charge >= 0.3 is 0 Å². The van der Waals surface area contributed by atoms with Crippen LogP contribution in [0.15, 0.2) is 35.7 Å². The first kappa shape index (κ1) is 19.3. The highest BCUT2D eigenvalue weighted by Gasteiger charge is 2.48. The predicted molar refractivity (Wildman–Crippen MR) is 116 cm³/mol. The van der Waals surface area contributed by atoms with E-state index < -0.39 is 0 Å². The van der Waals surface area contributed by atoms with E-state index in [1.165, 1.54) is 10.4 Å². The van der Waals surface area contributed by atoms with Gasteiger partial charge in [-0.3, -0.25) is 19.3 Å². The highest BCUT2D eigenvalue weighted by molar-refractivity contribution is 7.10. The zero-order valence-electron chi connectivity index (χ0n) is 16.8. The molecule has 30 heavy (non-hydrogen) atoms. The molecule has 2 fully saturated rings. The summed E-state index contributed by atoms with van der Waals surface area (Å²) in [6, 6.07) is 9.97. The first-order valence-electron chi connectivity index (χ1n) is 10.7. The maximum Gasteiger partial charge on any atom is 0.244 e. The lowest BCUT2D eigenvalue weighted by Crippen LogP contribution is -2.38. The van der Waals surface area contributed by atoms with E-state index in [-0.39, 0.29) is 36.1 Å². The first-order chi connectivity index (χ1) is 14.6. The summed E-state index contributed by atoms with van der Waals surface area (Å²) in [5.74, 6) is -1.11. The van der Waals surface area contributed by atoms with Gasteiger partial charge in [0.1, 0.15) is 6.54 Å². The van der Waals surface area contributed by atoms with Gasteiger partial charge in [-0.1, -0.05) is 12.8 Å². The van der Waals surface area contributed by atoms with Crippen LogP contribution < -0.4 is 10.2 Å². The molecule has 1 N–H and O–H groups in total. The standard InChI is InChI=1S/C23H25N3O3S/c27-21(14-26-22(28)18-3-1-2-4-19(18)23(26)29)24-16-5-7-17(8-6-16)25-11-9-20-15(13-25)10-12-30-20/h5-8,10,12,18-19H,1-4,9,11,13-14H2,(H,24,27). The molecule has 2 aliphatic heterocycles. The summed E-state index contributed by atoms with van der Waals surface area (Å²) < 4.78 is 0. The van der Waals surface area contributed by atoms with Crippen LogP contribution >= 0.6 is 11.3 Å². The fourth-order valence-electron chi connectivity index (χ4n) is 4.96. The molecule has 6 nitrogen and oxygen atoms in total. The molecular weight excluding hydrogens is 398 g/mol. The molecule has 3 aliphatic rings. The van der Waals surface area contributed by atoms with E-state index in [9.17, 15) is 14.4 Å². The molecule has 156 valence electrons. The number of hydrogen-bond acceptors (Lipinski definition) is 5. The number of carbonyl (C=O) groups is 3. The quantitative estimate of drug-likeness (QED) is 0.765. The summed E-state index contributed by atoms with van der Waals surface area (Å²) >= 11 is 1.83. The number of nitrogens with one attached hydrogen (secondary N) is 1. The molecule has 2 atom stereocenters. The number of likely N-dealkylation sites (tertiary alicyclic amines) is 1. The number of anilines is 2. The summed E-state index contributed by atoms with van der Waals surface area (Å²) in [6.07, 6.45) is 4.55. The summed E-state index contributed by atoms with van der Waals surface area (Å²) in [7, 11) is 0. The summed E-state index contributed by atoms with van der Waals surface area (Å²) in [6.45, 7) is 1.70. The van der Waals surface area contributed by atoms with Crippen LogP contribution in [-0.4, -0.2) is 35.7 Å². The fraction of sp³-hybridized carbons (Fsp3) is 0.435. The van der Waals surface area contributed by atoms with Crippen molar-refractivity contribution in [3.05, 3.63) is 46.2 Å². The van der Waals surface area contributed by atoms with E-state index in [1.54, 1.807) is 0 Å². The van der Waals surface area contributed by atoms with Crippen molar-refractivity contribution < 1.29 is 14.4 Å². The number of imide groups is 1. The van der Waals surface area contributed by atoms with E-state index in [4.69, 9.17) is 0 Å². The van der Waals surface area contributed by atoms with Crippen LogP contribution in [0.25, 0.3) is 0 Å². The summed E-state index contributed by atoms with van der Waals surface area (Å²) in [5, 5.41) is 4.98. The third-order valence-corrected chi connectivity index (χ3v) is 7.58. The maximum absolute atomic E-state index is 12.5. The minimum absolute atomic E-state index is 0.173. The van der Waals surface area contributed by atoms with Crippen molar-refractivity contribution in [3.8, 4) is 0 Å². The van der Waals surface area contributed by atoms with Crippen molar-refractivity contribution in [3.63, 3.8) is 0 Å². The summed E-state index contributed by atoms with van der Waals surface area (Å²) in [5.41, 5.74) is 3.19. The van der Waals surface area contributed by atoms with Gasteiger partial charge in [-0.25, -0.2) is 0 Å². The summed E-state index contributed by atoms with van der Waals surface area (Å²) in [4.78, 5) is 42.6. The Morgan fingerprint density at radius 2 is 1.73 bits per heavy atom. The lowest BCUT2D eigenvalue weighted by atomic mass is 9.81. The number of fused-ring (bicyclic) bond motifs is 2. The first-order valence-corrected chi connectivity index (χ1v) is 11.5. The number of hydrogen-bond donors (Lipinski definition) is 1. The van der Waals surface area contributed by atoms with Crippen LogP contribution in [0.2, 0.25) is 0 Å². The highest BCUT2D eigenvalue weighted by Crippen LogP contribution is 2.38. The lowest BCUT2D eigenvalue weighted by Gasteiger charge is -2.29. The zero-order valence-corrected chi connectivity index (χ0v) is 17.6. The van der Waals surface area contributed by atoms with E-state index >= 15 is 0 Å². The normalized spacial score (nSPS) is 23.3. The number of rotatable bonds is 4. The minimum atomic E-state index is -0.330. The fourth-order valence-corrected chi connectivity index (χ4v) is 5.85. The van der Waals surface area contributed by atoms with Crippen molar-refractivity contribution in [1.29, 1.82) is 0 Å². The number of thiophene rings is 1. The molecule has 1 saturated heterocycles. The molecule has 1 saturated carbocycles. The topological polar surface area (TPSA) is 69.7 Å². The van der Waals surface area contributed by atoms with Gasteiger partial charge in [-0.2, -0.15) is 0 Å². The van der Waals surface area contributed by atoms with Crippen LogP contribution in [0.4, 0.5) is 11.4 Å². The van der Waals surface area contributed by atoms with Gasteiger partial charge in [0.25, 0.3) is 0 Å². The van der Waals surface area contributed by atoms with Crippen molar-refractivity contribution in [2.45, 2.75) is 38.6 Å². The minimum Gasteiger partial charge on any atom is -0.367 e. The van der Waals surface area contributed by atoms with Gasteiger partial charge in [0.15, 0.2) is 0 Å². The Labute approximate surface area is 179 Å². The molecule has 0 bridgehead atoms. The zero-order chi connectivity index (χ0) is 20.7. The average Bonchev–Trinajstić information content (AvgIpc) is 3.33. The molecule has 3 heterocycles. The molecule has 1 aromatic carbocycles. The van der Waals surface area contributed by atoms with Crippen LogP contribution in [0.1, 0.15) is 36.1 Å². The number of nitrogens with zero attached hydrogens (tertiary/aromatic N) is 2. The molecule has 2 unspecified atom stereocenters.